The van der Waals surface area contributed by atoms with Crippen LogP contribution in [0.1, 0.15) is 40.5 Å². The second-order valence-corrected chi connectivity index (χ2v) is 7.85. The number of aromatic nitrogens is 2. The maximum Gasteiger partial charge on any atom is 0.277 e. The molecule has 0 unspecified atom stereocenters. The van der Waals surface area contributed by atoms with Crippen LogP contribution < -0.4 is 16.6 Å². The Kier molecular flexibility index (Phi) is 3.55. The summed E-state index contributed by atoms with van der Waals surface area (Å²) in [6.45, 7) is 8.59. The van der Waals surface area contributed by atoms with E-state index in [1.165, 1.54) is 11.8 Å². The fourth-order valence-corrected chi connectivity index (χ4v) is 3.94. The van der Waals surface area contributed by atoms with Crippen LogP contribution in [0.15, 0.2) is 25.4 Å². The first kappa shape index (κ1) is 15.1. The molecule has 118 valence electrons. The summed E-state index contributed by atoms with van der Waals surface area (Å²) < 4.78 is 0. The summed E-state index contributed by atoms with van der Waals surface area (Å²) in [5.74, 6) is 0.139. The molecule has 0 amide bonds. The number of aromatic amines is 1. The zero-order valence-electron chi connectivity index (χ0n) is 13.3. The first-order valence-electron chi connectivity index (χ1n) is 7.40. The van der Waals surface area contributed by atoms with Gasteiger partial charge in [-0.15, -0.1) is 0 Å². The van der Waals surface area contributed by atoms with Crippen LogP contribution in [0.5, 0.6) is 0 Å². The molecule has 0 bridgehead atoms. The fraction of sp³-hybridized carbons (Fsp3) is 0.533. The second-order valence-electron chi connectivity index (χ2n) is 6.85. The van der Waals surface area contributed by atoms with Crippen LogP contribution in [0.3, 0.4) is 0 Å². The number of hydrogen-bond donors (Lipinski definition) is 3. The fourth-order valence-electron chi connectivity index (χ4n) is 2.87. The molecule has 1 aromatic rings. The van der Waals surface area contributed by atoms with Gasteiger partial charge in [-0.05, 0) is 32.1 Å². The molecule has 0 fully saturated rings. The number of aliphatic imine (C=N–C) groups is 1. The smallest absolute Gasteiger partial charge is 0.277 e. The Labute approximate surface area is 133 Å². The van der Waals surface area contributed by atoms with Gasteiger partial charge in [0.2, 0.25) is 5.95 Å². The molecule has 6 nitrogen and oxygen atoms in total. The van der Waals surface area contributed by atoms with Crippen LogP contribution in [0.25, 0.3) is 0 Å². The molecule has 2 heterocycles. The van der Waals surface area contributed by atoms with Gasteiger partial charge >= 0.3 is 0 Å². The van der Waals surface area contributed by atoms with Gasteiger partial charge in [0, 0.05) is 11.7 Å². The van der Waals surface area contributed by atoms with Crippen LogP contribution in [0.4, 0.5) is 11.6 Å². The average Bonchev–Trinajstić information content (AvgIpc) is 2.35. The van der Waals surface area contributed by atoms with Crippen LogP contribution >= 0.6 is 11.8 Å². The average molecular weight is 319 g/mol. The normalized spacial score (nSPS) is 21.6. The van der Waals surface area contributed by atoms with Crippen molar-refractivity contribution in [1.29, 1.82) is 0 Å². The minimum atomic E-state index is -0.229. The van der Waals surface area contributed by atoms with E-state index in [4.69, 9.17) is 10.7 Å². The molecule has 22 heavy (non-hydrogen) atoms. The molecule has 0 saturated carbocycles. The van der Waals surface area contributed by atoms with E-state index in [-0.39, 0.29) is 23.0 Å². The van der Waals surface area contributed by atoms with Crippen molar-refractivity contribution in [3.63, 3.8) is 0 Å². The molecule has 0 radical (unpaired) electrons. The van der Waals surface area contributed by atoms with Crippen molar-refractivity contribution in [3.8, 4) is 0 Å². The number of fused-ring (bicyclic) bond motifs is 1. The Bertz CT molecular complexity index is 745. The van der Waals surface area contributed by atoms with E-state index in [9.17, 15) is 4.79 Å². The van der Waals surface area contributed by atoms with Gasteiger partial charge in [0.05, 0.1) is 10.6 Å². The molecule has 1 aromatic heterocycles. The molecule has 3 rings (SSSR count). The predicted octanol–water partition coefficient (Wildman–Crippen LogP) is 2.75. The Hall–Kier alpha value is -1.76. The van der Waals surface area contributed by atoms with Gasteiger partial charge in [-0.25, -0.2) is 4.98 Å². The van der Waals surface area contributed by atoms with Gasteiger partial charge in [0.15, 0.2) is 0 Å². The first-order valence-corrected chi connectivity index (χ1v) is 8.22. The monoisotopic (exact) mass is 319 g/mol. The lowest BCUT2D eigenvalue weighted by Gasteiger charge is -2.36. The molecule has 0 aromatic carbocycles. The number of hydrogen-bond acceptors (Lipinski definition) is 6. The minimum Gasteiger partial charge on any atom is -0.369 e. The summed E-state index contributed by atoms with van der Waals surface area (Å²) in [6.07, 6.45) is 1.81. The molecule has 2 aliphatic rings. The van der Waals surface area contributed by atoms with Crippen molar-refractivity contribution in [2.45, 2.75) is 51.6 Å². The van der Waals surface area contributed by atoms with Crippen molar-refractivity contribution in [3.05, 3.63) is 21.0 Å². The van der Waals surface area contributed by atoms with Gasteiger partial charge in [-0.1, -0.05) is 25.6 Å². The van der Waals surface area contributed by atoms with E-state index in [1.807, 2.05) is 0 Å². The highest BCUT2D eigenvalue weighted by Crippen LogP contribution is 2.47. The molecule has 0 spiro atoms. The van der Waals surface area contributed by atoms with Gasteiger partial charge in [0.1, 0.15) is 10.7 Å². The van der Waals surface area contributed by atoms with E-state index in [2.05, 4.69) is 43.0 Å². The largest absolute Gasteiger partial charge is 0.369 e. The summed E-state index contributed by atoms with van der Waals surface area (Å²) in [6, 6.07) is 0.233. The third-order valence-corrected chi connectivity index (χ3v) is 4.81. The van der Waals surface area contributed by atoms with Gasteiger partial charge < -0.3 is 11.1 Å². The topological polar surface area (TPSA) is 96.2 Å². The number of anilines is 2. The maximum atomic E-state index is 12.1. The van der Waals surface area contributed by atoms with Crippen molar-refractivity contribution >= 4 is 29.1 Å². The van der Waals surface area contributed by atoms with Crippen LogP contribution in [-0.2, 0) is 0 Å². The van der Waals surface area contributed by atoms with Crippen LogP contribution in [0.2, 0.25) is 0 Å². The lowest BCUT2D eigenvalue weighted by molar-refractivity contribution is 0.372. The number of nitrogens with zero attached hydrogens (tertiary/aromatic N) is 2. The number of nitrogens with two attached hydrogens (primary N) is 1. The Morgan fingerprint density at radius 3 is 2.77 bits per heavy atom. The van der Waals surface area contributed by atoms with E-state index >= 15 is 0 Å². The zero-order valence-corrected chi connectivity index (χ0v) is 14.1. The van der Waals surface area contributed by atoms with Crippen LogP contribution in [-0.4, -0.2) is 21.7 Å². The summed E-state index contributed by atoms with van der Waals surface area (Å²) in [4.78, 5) is 24.7. The molecule has 1 aliphatic heterocycles. The van der Waals surface area contributed by atoms with Gasteiger partial charge in [-0.3, -0.25) is 14.8 Å². The Balaban J connectivity index is 2.10. The predicted molar refractivity (Wildman–Crippen MR) is 91.4 cm³/mol. The highest BCUT2D eigenvalue weighted by atomic mass is 32.2. The Morgan fingerprint density at radius 1 is 1.36 bits per heavy atom. The van der Waals surface area contributed by atoms with E-state index in [1.54, 1.807) is 0 Å². The first-order chi connectivity index (χ1) is 10.2. The van der Waals surface area contributed by atoms with E-state index in [0.717, 1.165) is 29.2 Å². The molecular weight excluding hydrogens is 298 g/mol. The number of rotatable bonds is 1. The molecule has 0 saturated heterocycles. The van der Waals surface area contributed by atoms with Crippen molar-refractivity contribution in [2.24, 2.45) is 10.4 Å². The number of nitrogens with one attached hydrogen (secondary N) is 2. The maximum absolute atomic E-state index is 12.1. The number of thioether (sulfide) groups is 1. The molecule has 7 heteroatoms. The third-order valence-electron chi connectivity index (χ3n) is 3.63. The zero-order chi connectivity index (χ0) is 16.1. The number of nitrogen functional groups attached to an aromatic ring is 1. The highest BCUT2D eigenvalue weighted by Gasteiger charge is 2.36. The summed E-state index contributed by atoms with van der Waals surface area (Å²) in [5, 5.41) is 3.89. The summed E-state index contributed by atoms with van der Waals surface area (Å²) in [5.41, 5.74) is 8.18. The number of allylic oxidation sites excluding steroid dienone is 2. The minimum absolute atomic E-state index is 0.117. The quantitative estimate of drug-likeness (QED) is 0.692. The van der Waals surface area contributed by atoms with Gasteiger partial charge in [-0.2, -0.15) is 0 Å². The Morgan fingerprint density at radius 2 is 2.09 bits per heavy atom. The van der Waals surface area contributed by atoms with E-state index in [0.29, 0.717) is 10.7 Å². The molecule has 4 N–H and O–H groups in total. The molecule has 0 atom stereocenters. The molecule has 1 aliphatic carbocycles. The van der Waals surface area contributed by atoms with Crippen molar-refractivity contribution < 1.29 is 0 Å². The highest BCUT2D eigenvalue weighted by molar-refractivity contribution is 8.04. The van der Waals surface area contributed by atoms with Crippen molar-refractivity contribution in [2.75, 3.05) is 11.1 Å². The summed E-state index contributed by atoms with van der Waals surface area (Å²) in [7, 11) is 0. The van der Waals surface area contributed by atoms with Crippen molar-refractivity contribution in [1.82, 2.24) is 9.97 Å². The van der Waals surface area contributed by atoms with Crippen LogP contribution in [0, 0.1) is 5.41 Å². The summed E-state index contributed by atoms with van der Waals surface area (Å²) >= 11 is 1.50. The third kappa shape index (κ3) is 2.77. The standard InChI is InChI=1S/C15H21N5OS/c1-7(2)17-8-5-15(3,4)6-9-11(8)22-13-10(18-9)12(21)19-14(16)20-13/h7,18H,5-6H2,1-4H3,(H3,16,19,20,21). The SMILES string of the molecule is CC(C)N=C1CC(C)(C)CC2=C1Sc1nc(N)[nH]c(=O)c1N2. The van der Waals surface area contributed by atoms with Gasteiger partial charge in [0.25, 0.3) is 5.56 Å². The lowest BCUT2D eigenvalue weighted by atomic mass is 9.78. The lowest BCUT2D eigenvalue weighted by Crippen LogP contribution is -2.32. The van der Waals surface area contributed by atoms with E-state index < -0.39 is 0 Å². The second kappa shape index (κ2) is 5.15. The molecular formula is C15H21N5OS. The number of H-pyrrole nitrogens is 1.